The Morgan fingerprint density at radius 2 is 2.00 bits per heavy atom. The van der Waals surface area contributed by atoms with Gasteiger partial charge >= 0.3 is 0 Å². The van der Waals surface area contributed by atoms with Crippen molar-refractivity contribution in [2.75, 3.05) is 6.61 Å². The first-order valence-electron chi connectivity index (χ1n) is 5.36. The lowest BCUT2D eigenvalue weighted by atomic mass is 10.0. The molecule has 0 bridgehead atoms. The maximum Gasteiger partial charge on any atom is 0.246 e. The summed E-state index contributed by atoms with van der Waals surface area (Å²) in [4.78, 5) is 11.4. The molecule has 17 heavy (non-hydrogen) atoms. The van der Waals surface area contributed by atoms with Crippen molar-refractivity contribution in [2.45, 2.75) is 19.1 Å². The molecule has 0 aliphatic rings. The van der Waals surface area contributed by atoms with Crippen molar-refractivity contribution in [2.24, 2.45) is 0 Å². The van der Waals surface area contributed by atoms with E-state index in [1.54, 1.807) is 31.2 Å². The minimum atomic E-state index is -0.940. The second kappa shape index (κ2) is 6.18. The summed E-state index contributed by atoms with van der Waals surface area (Å²) in [5, 5.41) is 21.7. The Hall–Kier alpha value is -1.65. The van der Waals surface area contributed by atoms with E-state index in [0.717, 1.165) is 0 Å². The second-order valence-corrected chi connectivity index (χ2v) is 3.90. The second-order valence-electron chi connectivity index (χ2n) is 3.90. The third-order valence-electron chi connectivity index (χ3n) is 2.42. The molecule has 1 rings (SSSR count). The molecule has 0 aromatic heterocycles. The molecule has 0 spiro atoms. The third-order valence-corrected chi connectivity index (χ3v) is 2.42. The van der Waals surface area contributed by atoms with Gasteiger partial charge in [-0.05, 0) is 12.5 Å². The van der Waals surface area contributed by atoms with E-state index in [4.69, 9.17) is 0 Å². The summed E-state index contributed by atoms with van der Waals surface area (Å²) >= 11 is 0. The maximum absolute atomic E-state index is 11.4. The minimum absolute atomic E-state index is 0.337. The van der Waals surface area contributed by atoms with E-state index in [1.807, 2.05) is 6.07 Å². The fourth-order valence-electron chi connectivity index (χ4n) is 1.40. The molecule has 92 valence electrons. The van der Waals surface area contributed by atoms with E-state index in [2.05, 4.69) is 11.9 Å². The Morgan fingerprint density at radius 1 is 1.41 bits per heavy atom. The summed E-state index contributed by atoms with van der Waals surface area (Å²) in [6, 6.07) is 8.14. The predicted octanol–water partition coefficient (Wildman–Crippen LogP) is 0.773. The van der Waals surface area contributed by atoms with Crippen molar-refractivity contribution in [1.82, 2.24) is 5.32 Å². The summed E-state index contributed by atoms with van der Waals surface area (Å²) in [7, 11) is 0. The molecule has 1 amide bonds. The van der Waals surface area contributed by atoms with Gasteiger partial charge in [0.05, 0.1) is 12.6 Å². The molecule has 0 radical (unpaired) electrons. The van der Waals surface area contributed by atoms with E-state index in [0.29, 0.717) is 11.1 Å². The van der Waals surface area contributed by atoms with E-state index in [9.17, 15) is 15.0 Å². The van der Waals surface area contributed by atoms with Crippen molar-refractivity contribution < 1.29 is 15.0 Å². The van der Waals surface area contributed by atoms with Gasteiger partial charge in [-0.2, -0.15) is 0 Å². The van der Waals surface area contributed by atoms with Gasteiger partial charge in [-0.15, -0.1) is 0 Å². The fraction of sp³-hybridized carbons (Fsp3) is 0.308. The third kappa shape index (κ3) is 3.69. The molecule has 1 aromatic rings. The standard InChI is InChI=1S/C13H17NO3/c1-9(2)13(17)14-11(8-15)12(16)10-6-4-3-5-7-10/h3-7,11-12,15-16H,1,8H2,2H3,(H,14,17)/t11-,12-/m0/s1. The van der Waals surface area contributed by atoms with Crippen LogP contribution < -0.4 is 5.32 Å². The molecule has 0 saturated carbocycles. The Morgan fingerprint density at radius 3 is 2.47 bits per heavy atom. The molecule has 2 atom stereocenters. The average molecular weight is 235 g/mol. The van der Waals surface area contributed by atoms with Crippen molar-refractivity contribution in [3.05, 3.63) is 48.0 Å². The normalized spacial score (nSPS) is 13.8. The molecule has 0 aliphatic carbocycles. The zero-order valence-corrected chi connectivity index (χ0v) is 9.76. The fourth-order valence-corrected chi connectivity index (χ4v) is 1.40. The van der Waals surface area contributed by atoms with Crippen LogP contribution in [-0.2, 0) is 4.79 Å². The number of benzene rings is 1. The van der Waals surface area contributed by atoms with Crippen LogP contribution in [0.4, 0.5) is 0 Å². The van der Waals surface area contributed by atoms with Crippen molar-refractivity contribution >= 4 is 5.91 Å². The first-order chi connectivity index (χ1) is 8.06. The van der Waals surface area contributed by atoms with Crippen LogP contribution in [0.15, 0.2) is 42.5 Å². The summed E-state index contributed by atoms with van der Waals surface area (Å²) < 4.78 is 0. The zero-order valence-electron chi connectivity index (χ0n) is 9.76. The molecule has 4 heteroatoms. The van der Waals surface area contributed by atoms with Gasteiger partial charge < -0.3 is 15.5 Å². The molecule has 4 nitrogen and oxygen atoms in total. The highest BCUT2D eigenvalue weighted by Gasteiger charge is 2.21. The highest BCUT2D eigenvalue weighted by atomic mass is 16.3. The number of nitrogens with one attached hydrogen (secondary N) is 1. The Balaban J connectivity index is 2.74. The molecule has 1 aromatic carbocycles. The van der Waals surface area contributed by atoms with Crippen LogP contribution in [0.3, 0.4) is 0 Å². The number of aliphatic hydroxyl groups excluding tert-OH is 2. The van der Waals surface area contributed by atoms with Gasteiger partial charge in [0.2, 0.25) is 5.91 Å². The van der Waals surface area contributed by atoms with Crippen molar-refractivity contribution in [1.29, 1.82) is 0 Å². The van der Waals surface area contributed by atoms with Crippen LogP contribution in [0, 0.1) is 0 Å². The Labute approximate surface area is 101 Å². The first kappa shape index (κ1) is 13.4. The molecule has 0 saturated heterocycles. The molecule has 3 N–H and O–H groups in total. The van der Waals surface area contributed by atoms with Gasteiger partial charge in [0, 0.05) is 5.57 Å². The molecule has 0 aliphatic heterocycles. The monoisotopic (exact) mass is 235 g/mol. The van der Waals surface area contributed by atoms with E-state index >= 15 is 0 Å². The number of hydrogen-bond acceptors (Lipinski definition) is 3. The lowest BCUT2D eigenvalue weighted by Gasteiger charge is -2.22. The average Bonchev–Trinajstić information content (AvgIpc) is 2.35. The van der Waals surface area contributed by atoms with Crippen molar-refractivity contribution in [3.8, 4) is 0 Å². The largest absolute Gasteiger partial charge is 0.394 e. The number of carbonyl (C=O) groups excluding carboxylic acids is 1. The Bertz CT molecular complexity index is 389. The summed E-state index contributed by atoms with van der Waals surface area (Å²) in [6.07, 6.45) is -0.940. The number of hydrogen-bond donors (Lipinski definition) is 3. The lowest BCUT2D eigenvalue weighted by Crippen LogP contribution is -2.42. The van der Waals surface area contributed by atoms with Crippen LogP contribution in [0.25, 0.3) is 0 Å². The van der Waals surface area contributed by atoms with Crippen LogP contribution in [0.2, 0.25) is 0 Å². The lowest BCUT2D eigenvalue weighted by molar-refractivity contribution is -0.119. The van der Waals surface area contributed by atoms with Gasteiger partial charge in [0.25, 0.3) is 0 Å². The smallest absolute Gasteiger partial charge is 0.246 e. The van der Waals surface area contributed by atoms with Gasteiger partial charge in [-0.1, -0.05) is 36.9 Å². The zero-order chi connectivity index (χ0) is 12.8. The summed E-state index contributed by atoms with van der Waals surface area (Å²) in [5.41, 5.74) is 0.984. The highest BCUT2D eigenvalue weighted by molar-refractivity contribution is 5.92. The van der Waals surface area contributed by atoms with Crippen LogP contribution >= 0.6 is 0 Å². The maximum atomic E-state index is 11.4. The van der Waals surface area contributed by atoms with Gasteiger partial charge in [-0.25, -0.2) is 0 Å². The van der Waals surface area contributed by atoms with E-state index in [-0.39, 0.29) is 12.5 Å². The molecular formula is C13H17NO3. The van der Waals surface area contributed by atoms with Crippen LogP contribution in [0.1, 0.15) is 18.6 Å². The quantitative estimate of drug-likeness (QED) is 0.660. The number of amides is 1. The van der Waals surface area contributed by atoms with Gasteiger partial charge in [0.15, 0.2) is 0 Å². The first-order valence-corrected chi connectivity index (χ1v) is 5.36. The SMILES string of the molecule is C=C(C)C(=O)N[C@@H](CO)[C@@H](O)c1ccccc1. The van der Waals surface area contributed by atoms with E-state index in [1.165, 1.54) is 0 Å². The number of carbonyl (C=O) groups is 1. The minimum Gasteiger partial charge on any atom is -0.394 e. The molecular weight excluding hydrogens is 218 g/mol. The van der Waals surface area contributed by atoms with Gasteiger partial charge in [-0.3, -0.25) is 4.79 Å². The van der Waals surface area contributed by atoms with Crippen LogP contribution in [-0.4, -0.2) is 28.8 Å². The Kier molecular flexibility index (Phi) is 4.87. The molecule has 0 unspecified atom stereocenters. The molecule has 0 fully saturated rings. The summed E-state index contributed by atoms with van der Waals surface area (Å²) in [6.45, 7) is 4.73. The number of aliphatic hydroxyl groups is 2. The topological polar surface area (TPSA) is 69.6 Å². The number of rotatable bonds is 5. The van der Waals surface area contributed by atoms with E-state index < -0.39 is 12.1 Å². The predicted molar refractivity (Wildman–Crippen MR) is 65.2 cm³/mol. The van der Waals surface area contributed by atoms with Crippen LogP contribution in [0.5, 0.6) is 0 Å². The highest BCUT2D eigenvalue weighted by Crippen LogP contribution is 2.16. The summed E-state index contributed by atoms with van der Waals surface area (Å²) in [5.74, 6) is -0.376. The molecule has 0 heterocycles. The van der Waals surface area contributed by atoms with Crippen molar-refractivity contribution in [3.63, 3.8) is 0 Å². The van der Waals surface area contributed by atoms with Gasteiger partial charge in [0.1, 0.15) is 6.10 Å².